The molecule has 1 nitrogen and oxygen atoms in total. The molecule has 0 N–H and O–H groups in total. The lowest BCUT2D eigenvalue weighted by molar-refractivity contribution is 0.104. The highest BCUT2D eigenvalue weighted by Crippen LogP contribution is 2.20. The fourth-order valence-electron chi connectivity index (χ4n) is 1.77. The minimum absolute atomic E-state index is 0.202. The van der Waals surface area contributed by atoms with Crippen molar-refractivity contribution in [3.8, 4) is 0 Å². The second kappa shape index (κ2) is 7.41. The number of rotatable bonds is 5. The molecule has 0 atom stereocenters. The highest BCUT2D eigenvalue weighted by Gasteiger charge is 2.06. The molecule has 2 aromatic rings. The molecular weight excluding hydrogens is 366 g/mol. The average Bonchev–Trinajstić information content (AvgIpc) is 2.42. The minimum atomic E-state index is -0.352. The molecular formula is C15H12BrCl2FO. The predicted octanol–water partition coefficient (Wildman–Crippen LogP) is 5.74. The van der Waals surface area contributed by atoms with Crippen LogP contribution in [0.4, 0.5) is 4.39 Å². The Balaban J connectivity index is 1.99. The highest BCUT2D eigenvalue weighted by molar-refractivity contribution is 9.08. The van der Waals surface area contributed by atoms with Crippen LogP contribution in [0, 0.1) is 5.82 Å². The van der Waals surface area contributed by atoms with Crippen LogP contribution in [0.2, 0.25) is 10.0 Å². The lowest BCUT2D eigenvalue weighted by atomic mass is 10.1. The van der Waals surface area contributed by atoms with Gasteiger partial charge in [-0.05, 0) is 35.4 Å². The topological polar surface area (TPSA) is 9.23 Å². The van der Waals surface area contributed by atoms with Gasteiger partial charge in [-0.1, -0.05) is 51.3 Å². The summed E-state index contributed by atoms with van der Waals surface area (Å²) in [7, 11) is 0. The normalized spacial score (nSPS) is 10.8. The van der Waals surface area contributed by atoms with Gasteiger partial charge in [0, 0.05) is 20.9 Å². The van der Waals surface area contributed by atoms with Gasteiger partial charge >= 0.3 is 0 Å². The SMILES string of the molecule is Fc1cc(Cl)ccc1COCc1ccc(Cl)cc1CBr. The summed E-state index contributed by atoms with van der Waals surface area (Å²) in [5, 5.41) is 1.76. The Hall–Kier alpha value is -0.610. The molecule has 0 aliphatic heterocycles. The lowest BCUT2D eigenvalue weighted by Gasteiger charge is -2.09. The van der Waals surface area contributed by atoms with Crippen molar-refractivity contribution >= 4 is 39.1 Å². The molecule has 0 heterocycles. The Morgan fingerprint density at radius 1 is 0.900 bits per heavy atom. The van der Waals surface area contributed by atoms with Gasteiger partial charge in [0.1, 0.15) is 5.82 Å². The van der Waals surface area contributed by atoms with Crippen LogP contribution in [-0.4, -0.2) is 0 Å². The molecule has 0 bridgehead atoms. The Morgan fingerprint density at radius 3 is 2.15 bits per heavy atom. The van der Waals surface area contributed by atoms with E-state index < -0.39 is 0 Å². The number of hydrogen-bond donors (Lipinski definition) is 0. The van der Waals surface area contributed by atoms with Crippen molar-refractivity contribution in [3.05, 3.63) is 69.0 Å². The number of halogens is 4. The second-order valence-corrected chi connectivity index (χ2v) is 5.71. The molecule has 20 heavy (non-hydrogen) atoms. The Morgan fingerprint density at radius 2 is 1.50 bits per heavy atom. The Labute approximate surface area is 135 Å². The standard InChI is InChI=1S/C15H12BrCl2FO/c16-7-12-5-13(17)3-1-10(12)8-20-9-11-2-4-14(18)6-15(11)19/h1-6H,7-9H2. The second-order valence-electron chi connectivity index (χ2n) is 4.28. The molecule has 0 aliphatic rings. The molecule has 2 rings (SSSR count). The maximum Gasteiger partial charge on any atom is 0.130 e. The third-order valence-corrected chi connectivity index (χ3v) is 3.92. The van der Waals surface area contributed by atoms with Gasteiger partial charge in [0.15, 0.2) is 0 Å². The Bertz CT molecular complexity index is 604. The van der Waals surface area contributed by atoms with E-state index in [0.29, 0.717) is 27.5 Å². The van der Waals surface area contributed by atoms with Crippen LogP contribution in [0.25, 0.3) is 0 Å². The van der Waals surface area contributed by atoms with E-state index in [9.17, 15) is 4.39 Å². The third-order valence-electron chi connectivity index (χ3n) is 2.84. The highest BCUT2D eigenvalue weighted by atomic mass is 79.9. The van der Waals surface area contributed by atoms with Gasteiger partial charge in [0.2, 0.25) is 0 Å². The lowest BCUT2D eigenvalue weighted by Crippen LogP contribution is -1.99. The smallest absolute Gasteiger partial charge is 0.130 e. The zero-order valence-corrected chi connectivity index (χ0v) is 13.6. The monoisotopic (exact) mass is 376 g/mol. The van der Waals surface area contributed by atoms with E-state index in [4.69, 9.17) is 27.9 Å². The van der Waals surface area contributed by atoms with E-state index in [0.717, 1.165) is 11.1 Å². The number of ether oxygens (including phenoxy) is 1. The first-order valence-electron chi connectivity index (χ1n) is 5.95. The van der Waals surface area contributed by atoms with Crippen LogP contribution in [0.3, 0.4) is 0 Å². The summed E-state index contributed by atoms with van der Waals surface area (Å²) in [4.78, 5) is 0. The van der Waals surface area contributed by atoms with Gasteiger partial charge in [0.05, 0.1) is 13.2 Å². The van der Waals surface area contributed by atoms with Crippen LogP contribution in [0.1, 0.15) is 16.7 Å². The summed E-state index contributed by atoms with van der Waals surface area (Å²) in [5.41, 5.74) is 2.58. The van der Waals surface area contributed by atoms with E-state index in [1.54, 1.807) is 12.1 Å². The molecule has 0 aromatic heterocycles. The number of alkyl halides is 1. The van der Waals surface area contributed by atoms with E-state index in [1.807, 2.05) is 18.2 Å². The maximum atomic E-state index is 13.6. The Kier molecular flexibility index (Phi) is 5.85. The van der Waals surface area contributed by atoms with Crippen LogP contribution >= 0.6 is 39.1 Å². The molecule has 0 unspecified atom stereocenters. The maximum absolute atomic E-state index is 13.6. The molecule has 0 fully saturated rings. The molecule has 2 aromatic carbocycles. The van der Waals surface area contributed by atoms with E-state index in [1.165, 1.54) is 6.07 Å². The van der Waals surface area contributed by atoms with Crippen molar-refractivity contribution in [1.82, 2.24) is 0 Å². The van der Waals surface area contributed by atoms with Crippen molar-refractivity contribution in [2.75, 3.05) is 0 Å². The quantitative estimate of drug-likeness (QED) is 0.603. The van der Waals surface area contributed by atoms with Crippen molar-refractivity contribution in [1.29, 1.82) is 0 Å². The number of benzene rings is 2. The number of hydrogen-bond acceptors (Lipinski definition) is 1. The van der Waals surface area contributed by atoms with Gasteiger partial charge in [-0.25, -0.2) is 4.39 Å². The molecule has 0 radical (unpaired) electrons. The average molecular weight is 378 g/mol. The van der Waals surface area contributed by atoms with Gasteiger partial charge in [-0.3, -0.25) is 0 Å². The first-order chi connectivity index (χ1) is 9.60. The summed E-state index contributed by atoms with van der Waals surface area (Å²) >= 11 is 15.1. The molecule has 0 saturated carbocycles. The fraction of sp³-hybridized carbons (Fsp3) is 0.200. The molecule has 0 aliphatic carbocycles. The molecule has 0 saturated heterocycles. The molecule has 0 spiro atoms. The zero-order chi connectivity index (χ0) is 14.5. The largest absolute Gasteiger partial charge is 0.372 e. The minimum Gasteiger partial charge on any atom is -0.372 e. The van der Waals surface area contributed by atoms with E-state index >= 15 is 0 Å². The van der Waals surface area contributed by atoms with Crippen LogP contribution in [0.5, 0.6) is 0 Å². The van der Waals surface area contributed by atoms with Gasteiger partial charge in [-0.15, -0.1) is 0 Å². The van der Waals surface area contributed by atoms with Crippen molar-refractivity contribution in [2.45, 2.75) is 18.5 Å². The van der Waals surface area contributed by atoms with Gasteiger partial charge < -0.3 is 4.74 Å². The molecule has 0 amide bonds. The summed E-state index contributed by atoms with van der Waals surface area (Å²) in [6.07, 6.45) is 0. The van der Waals surface area contributed by atoms with Crippen molar-refractivity contribution in [2.24, 2.45) is 0 Å². The van der Waals surface area contributed by atoms with Crippen LogP contribution in [-0.2, 0) is 23.3 Å². The summed E-state index contributed by atoms with van der Waals surface area (Å²) in [6, 6.07) is 10.2. The predicted molar refractivity (Wildman–Crippen MR) is 84.0 cm³/mol. The van der Waals surface area contributed by atoms with Crippen LogP contribution < -0.4 is 0 Å². The summed E-state index contributed by atoms with van der Waals surface area (Å²) in [6.45, 7) is 0.605. The van der Waals surface area contributed by atoms with Crippen molar-refractivity contribution in [3.63, 3.8) is 0 Å². The van der Waals surface area contributed by atoms with Crippen LogP contribution in [0.15, 0.2) is 36.4 Å². The van der Waals surface area contributed by atoms with E-state index in [2.05, 4.69) is 15.9 Å². The zero-order valence-electron chi connectivity index (χ0n) is 10.5. The first-order valence-corrected chi connectivity index (χ1v) is 7.83. The van der Waals surface area contributed by atoms with E-state index in [-0.39, 0.29) is 12.4 Å². The first kappa shape index (κ1) is 15.8. The molecule has 106 valence electrons. The third kappa shape index (κ3) is 4.19. The van der Waals surface area contributed by atoms with Gasteiger partial charge in [0.25, 0.3) is 0 Å². The fourth-order valence-corrected chi connectivity index (χ4v) is 2.64. The summed E-state index contributed by atoms with van der Waals surface area (Å²) < 4.78 is 19.1. The molecule has 5 heteroatoms. The summed E-state index contributed by atoms with van der Waals surface area (Å²) in [5.74, 6) is -0.352. The van der Waals surface area contributed by atoms with Crippen molar-refractivity contribution < 1.29 is 9.13 Å². The van der Waals surface area contributed by atoms with Gasteiger partial charge in [-0.2, -0.15) is 0 Å².